The Bertz CT molecular complexity index is 1360. The van der Waals surface area contributed by atoms with E-state index >= 15 is 0 Å². The van der Waals surface area contributed by atoms with E-state index in [2.05, 4.69) is 51.6 Å². The van der Waals surface area contributed by atoms with Gasteiger partial charge >= 0.3 is 0 Å². The average Bonchev–Trinajstić information content (AvgIpc) is 3.51. The number of nitrogens with zero attached hydrogens (tertiary/aromatic N) is 3. The molecule has 0 unspecified atom stereocenters. The summed E-state index contributed by atoms with van der Waals surface area (Å²) < 4.78 is 5.74. The molecule has 1 aliphatic carbocycles. The van der Waals surface area contributed by atoms with Gasteiger partial charge in [-0.05, 0) is 73.1 Å². The first-order valence-corrected chi connectivity index (χ1v) is 12.5. The van der Waals surface area contributed by atoms with Gasteiger partial charge < -0.3 is 19.9 Å². The third kappa shape index (κ3) is 4.18. The molecule has 6 nitrogen and oxygen atoms in total. The Balaban J connectivity index is 1.34. The second-order valence-electron chi connectivity index (χ2n) is 9.84. The van der Waals surface area contributed by atoms with E-state index in [1.54, 1.807) is 6.08 Å². The third-order valence-electron chi connectivity index (χ3n) is 7.04. The predicted octanol–water partition coefficient (Wildman–Crippen LogP) is 4.09. The first-order chi connectivity index (χ1) is 17.6. The molecular formula is C30H30N4O2. The van der Waals surface area contributed by atoms with E-state index in [1.807, 2.05) is 49.5 Å². The fourth-order valence-electron chi connectivity index (χ4n) is 5.36. The number of aromatic nitrogens is 1. The number of rotatable bonds is 5. The van der Waals surface area contributed by atoms with Crippen molar-refractivity contribution in [2.45, 2.75) is 25.4 Å². The highest BCUT2D eigenvalue weighted by molar-refractivity contribution is 5.99. The number of carbonyl (C=O) groups excluding carboxylic acids is 1. The molecule has 1 aromatic carbocycles. The van der Waals surface area contributed by atoms with Gasteiger partial charge in [0.1, 0.15) is 5.75 Å². The van der Waals surface area contributed by atoms with Crippen molar-refractivity contribution < 1.29 is 9.53 Å². The van der Waals surface area contributed by atoms with Gasteiger partial charge in [-0.15, -0.1) is 0 Å². The number of fused-ring (bicyclic) bond motifs is 3. The topological polar surface area (TPSA) is 57.7 Å². The van der Waals surface area contributed by atoms with Crippen molar-refractivity contribution in [1.82, 2.24) is 20.1 Å². The second-order valence-corrected chi connectivity index (χ2v) is 9.84. The molecule has 1 N–H and O–H groups in total. The van der Waals surface area contributed by atoms with Gasteiger partial charge in [-0.2, -0.15) is 0 Å². The summed E-state index contributed by atoms with van der Waals surface area (Å²) in [4.78, 5) is 22.1. The predicted molar refractivity (Wildman–Crippen MR) is 142 cm³/mol. The van der Waals surface area contributed by atoms with Crippen LogP contribution in [-0.4, -0.2) is 54.0 Å². The average molecular weight is 479 g/mol. The highest BCUT2D eigenvalue weighted by Crippen LogP contribution is 2.41. The van der Waals surface area contributed by atoms with Crippen molar-refractivity contribution in [2.75, 3.05) is 27.2 Å². The van der Waals surface area contributed by atoms with Crippen molar-refractivity contribution in [3.63, 3.8) is 0 Å². The molecule has 0 bridgehead atoms. The Morgan fingerprint density at radius 1 is 1.22 bits per heavy atom. The first kappa shape index (κ1) is 22.6. The van der Waals surface area contributed by atoms with Crippen LogP contribution in [0.4, 0.5) is 0 Å². The zero-order chi connectivity index (χ0) is 24.6. The van der Waals surface area contributed by atoms with Crippen molar-refractivity contribution in [3.05, 3.63) is 106 Å². The molecule has 0 radical (unpaired) electrons. The van der Waals surface area contributed by atoms with Gasteiger partial charge in [0.15, 0.2) is 0 Å². The van der Waals surface area contributed by atoms with E-state index in [1.165, 1.54) is 16.7 Å². The molecule has 1 amide bonds. The van der Waals surface area contributed by atoms with Crippen molar-refractivity contribution >= 4 is 17.7 Å². The van der Waals surface area contributed by atoms with E-state index in [0.29, 0.717) is 13.2 Å². The number of hydrogen-bond donors (Lipinski definition) is 1. The maximum Gasteiger partial charge on any atom is 0.251 e. The minimum atomic E-state index is -0.0292. The lowest BCUT2D eigenvalue weighted by Crippen LogP contribution is -2.35. The molecule has 3 aliphatic heterocycles. The summed E-state index contributed by atoms with van der Waals surface area (Å²) in [6.07, 6.45) is 15.6. The maximum absolute atomic E-state index is 13.6. The lowest BCUT2D eigenvalue weighted by atomic mass is 9.93. The lowest BCUT2D eigenvalue weighted by Gasteiger charge is -2.32. The molecule has 2 aromatic rings. The standard InChI is InChI=1S/C30H30N4O2/c1-33(2)19-23-10-7-20(18-31-23)8-12-28(35)34-15-13-25-24-5-3-4-6-26(24)32-29(25)30(34)22-9-11-27-21(17-22)14-16-36-27/h3-12,17-18,26,32H,13-16,19H2,1-2H3/b12-8+/t26-/m1/s1. The fourth-order valence-corrected chi connectivity index (χ4v) is 5.36. The SMILES string of the molecule is CN(C)Cc1ccc(/C=C/C(=O)N2CCC3=C4C=CC=C[C@H]4NC3=C2c2ccc3c(c2)CCO3)cn1. The van der Waals surface area contributed by atoms with E-state index in [4.69, 9.17) is 4.74 Å². The van der Waals surface area contributed by atoms with Crippen molar-refractivity contribution in [3.8, 4) is 5.75 Å². The van der Waals surface area contributed by atoms with Gasteiger partial charge in [-0.3, -0.25) is 9.78 Å². The van der Waals surface area contributed by atoms with Crippen LogP contribution in [0.3, 0.4) is 0 Å². The summed E-state index contributed by atoms with van der Waals surface area (Å²) in [5, 5.41) is 3.70. The van der Waals surface area contributed by atoms with Crippen LogP contribution in [-0.2, 0) is 17.8 Å². The Morgan fingerprint density at radius 2 is 2.14 bits per heavy atom. The highest BCUT2D eigenvalue weighted by Gasteiger charge is 2.36. The summed E-state index contributed by atoms with van der Waals surface area (Å²) in [5.74, 6) is 0.916. The molecule has 182 valence electrons. The molecule has 6 rings (SSSR count). The van der Waals surface area contributed by atoms with E-state index < -0.39 is 0 Å². The van der Waals surface area contributed by atoms with Crippen LogP contribution >= 0.6 is 0 Å². The van der Waals surface area contributed by atoms with Gasteiger partial charge in [0.2, 0.25) is 0 Å². The smallest absolute Gasteiger partial charge is 0.251 e. The van der Waals surface area contributed by atoms with Gasteiger partial charge in [0, 0.05) is 37.3 Å². The summed E-state index contributed by atoms with van der Waals surface area (Å²) in [6, 6.07) is 10.5. The Labute approximate surface area is 212 Å². The van der Waals surface area contributed by atoms with E-state index in [0.717, 1.165) is 53.4 Å². The number of nitrogens with one attached hydrogen (secondary N) is 1. The molecule has 6 heteroatoms. The van der Waals surface area contributed by atoms with Crippen LogP contribution in [0.15, 0.2) is 83.8 Å². The molecule has 36 heavy (non-hydrogen) atoms. The van der Waals surface area contributed by atoms with Gasteiger partial charge in [-0.25, -0.2) is 0 Å². The molecule has 4 heterocycles. The number of ether oxygens (including phenoxy) is 1. The number of carbonyl (C=O) groups is 1. The molecular weight excluding hydrogens is 448 g/mol. The largest absolute Gasteiger partial charge is 0.493 e. The van der Waals surface area contributed by atoms with Crippen LogP contribution in [0.25, 0.3) is 11.8 Å². The molecule has 1 atom stereocenters. The summed E-state index contributed by atoms with van der Waals surface area (Å²) in [7, 11) is 4.05. The van der Waals surface area contributed by atoms with Crippen molar-refractivity contribution in [2.24, 2.45) is 0 Å². The number of amides is 1. The number of hydrogen-bond acceptors (Lipinski definition) is 5. The zero-order valence-electron chi connectivity index (χ0n) is 20.7. The molecule has 0 fully saturated rings. The second kappa shape index (κ2) is 9.28. The quantitative estimate of drug-likeness (QED) is 0.656. The molecule has 1 aromatic heterocycles. The van der Waals surface area contributed by atoms with Crippen LogP contribution in [0.5, 0.6) is 5.75 Å². The summed E-state index contributed by atoms with van der Waals surface area (Å²) in [5.41, 5.74) is 8.78. The van der Waals surface area contributed by atoms with Crippen molar-refractivity contribution in [1.29, 1.82) is 0 Å². The van der Waals surface area contributed by atoms with Gasteiger partial charge in [-0.1, -0.05) is 30.4 Å². The Morgan fingerprint density at radius 3 is 2.97 bits per heavy atom. The fraction of sp³-hybridized carbons (Fsp3) is 0.267. The third-order valence-corrected chi connectivity index (χ3v) is 7.04. The zero-order valence-corrected chi connectivity index (χ0v) is 20.7. The number of benzene rings is 1. The van der Waals surface area contributed by atoms with E-state index in [9.17, 15) is 4.79 Å². The molecule has 0 saturated heterocycles. The van der Waals surface area contributed by atoms with Gasteiger partial charge in [0.05, 0.1) is 29.7 Å². The van der Waals surface area contributed by atoms with Crippen LogP contribution in [0.1, 0.15) is 28.8 Å². The minimum Gasteiger partial charge on any atom is -0.493 e. The van der Waals surface area contributed by atoms with E-state index in [-0.39, 0.29) is 11.9 Å². The summed E-state index contributed by atoms with van der Waals surface area (Å²) >= 11 is 0. The Hall–Kier alpha value is -3.90. The summed E-state index contributed by atoms with van der Waals surface area (Å²) in [6.45, 7) is 2.14. The van der Waals surface area contributed by atoms with Gasteiger partial charge in [0.25, 0.3) is 5.91 Å². The first-order valence-electron chi connectivity index (χ1n) is 12.5. The molecule has 4 aliphatic rings. The normalized spacial score (nSPS) is 20.1. The van der Waals surface area contributed by atoms with Crippen LogP contribution in [0.2, 0.25) is 0 Å². The highest BCUT2D eigenvalue weighted by atomic mass is 16.5. The molecule has 0 saturated carbocycles. The van der Waals surface area contributed by atoms with Crippen LogP contribution in [0, 0.1) is 0 Å². The maximum atomic E-state index is 13.6. The number of pyridine rings is 1. The van der Waals surface area contributed by atoms with Crippen LogP contribution < -0.4 is 10.1 Å². The minimum absolute atomic E-state index is 0.0292. The number of allylic oxidation sites excluding steroid dienone is 3. The Kier molecular flexibility index (Phi) is 5.82. The molecule has 0 spiro atoms. The monoisotopic (exact) mass is 478 g/mol. The lowest BCUT2D eigenvalue weighted by molar-refractivity contribution is -0.123.